The fourth-order valence-electron chi connectivity index (χ4n) is 5.07. The van der Waals surface area contributed by atoms with E-state index in [2.05, 4.69) is 10.2 Å². The summed E-state index contributed by atoms with van der Waals surface area (Å²) < 4.78 is 10.4. The van der Waals surface area contributed by atoms with Crippen LogP contribution in [0.5, 0.6) is 11.5 Å². The summed E-state index contributed by atoms with van der Waals surface area (Å²) in [5.74, 6) is 1.57. The first kappa shape index (κ1) is 25.0. The van der Waals surface area contributed by atoms with Crippen molar-refractivity contribution in [3.63, 3.8) is 0 Å². The molecule has 2 aromatic carbocycles. The first-order chi connectivity index (χ1) is 17.0. The Morgan fingerprint density at radius 1 is 1.00 bits per heavy atom. The molecule has 0 radical (unpaired) electrons. The minimum Gasteiger partial charge on any atom is -0.497 e. The van der Waals surface area contributed by atoms with Gasteiger partial charge in [-0.15, -0.1) is 0 Å². The van der Waals surface area contributed by atoms with Crippen molar-refractivity contribution in [3.05, 3.63) is 59.7 Å². The Balaban J connectivity index is 1.29. The van der Waals surface area contributed by atoms with Gasteiger partial charge in [0.25, 0.3) is 0 Å². The maximum absolute atomic E-state index is 13.0. The molecule has 188 valence electrons. The zero-order valence-corrected chi connectivity index (χ0v) is 20.5. The van der Waals surface area contributed by atoms with Gasteiger partial charge in [0.15, 0.2) is 0 Å². The predicted octanol–water partition coefficient (Wildman–Crippen LogP) is 1.99. The Kier molecular flexibility index (Phi) is 8.25. The topological polar surface area (TPSA) is 91.3 Å². The van der Waals surface area contributed by atoms with Crippen LogP contribution < -0.4 is 14.8 Å². The number of aliphatic hydroxyl groups is 1. The molecule has 0 aromatic heterocycles. The second-order valence-electron chi connectivity index (χ2n) is 9.31. The molecule has 2 aromatic rings. The van der Waals surface area contributed by atoms with E-state index < -0.39 is 6.10 Å². The van der Waals surface area contributed by atoms with E-state index in [1.165, 1.54) is 0 Å². The number of carbonyl (C=O) groups is 2. The lowest BCUT2D eigenvalue weighted by Crippen LogP contribution is -2.52. The van der Waals surface area contributed by atoms with Gasteiger partial charge in [-0.05, 0) is 54.7 Å². The molecule has 2 amide bonds. The fourth-order valence-corrected chi connectivity index (χ4v) is 5.07. The van der Waals surface area contributed by atoms with Crippen molar-refractivity contribution in [2.24, 2.45) is 0 Å². The van der Waals surface area contributed by atoms with E-state index in [-0.39, 0.29) is 23.9 Å². The molecular formula is C27H35N3O5. The van der Waals surface area contributed by atoms with Crippen molar-refractivity contribution in [1.82, 2.24) is 15.1 Å². The van der Waals surface area contributed by atoms with Gasteiger partial charge in [-0.3, -0.25) is 14.5 Å². The number of likely N-dealkylation sites (tertiary alicyclic amines) is 2. The molecule has 8 nitrogen and oxygen atoms in total. The number of nitrogens with one attached hydrogen (secondary N) is 1. The van der Waals surface area contributed by atoms with Crippen molar-refractivity contribution >= 4 is 11.8 Å². The first-order valence-corrected chi connectivity index (χ1v) is 12.2. The van der Waals surface area contributed by atoms with Crippen molar-refractivity contribution in [2.45, 2.75) is 50.4 Å². The number of methoxy groups -OCH3 is 2. The molecule has 4 rings (SSSR count). The normalized spacial score (nSPS) is 21.1. The van der Waals surface area contributed by atoms with E-state index in [9.17, 15) is 14.7 Å². The van der Waals surface area contributed by atoms with Gasteiger partial charge in [0.1, 0.15) is 11.5 Å². The number of nitrogens with zero attached hydrogens (tertiary/aromatic N) is 2. The quantitative estimate of drug-likeness (QED) is 0.599. The number of ether oxygens (including phenoxy) is 2. The van der Waals surface area contributed by atoms with Crippen molar-refractivity contribution in [2.75, 3.05) is 33.9 Å². The number of piperidine rings is 1. The lowest BCUT2D eigenvalue weighted by atomic mass is 10.0. The number of benzene rings is 2. The number of hydrogen-bond acceptors (Lipinski definition) is 6. The second-order valence-corrected chi connectivity index (χ2v) is 9.31. The largest absolute Gasteiger partial charge is 0.497 e. The van der Waals surface area contributed by atoms with Crippen LogP contribution >= 0.6 is 0 Å². The van der Waals surface area contributed by atoms with Crippen LogP contribution in [0, 0.1) is 0 Å². The third kappa shape index (κ3) is 6.32. The minimum atomic E-state index is -0.516. The molecule has 2 unspecified atom stereocenters. The van der Waals surface area contributed by atoms with Crippen LogP contribution in [0.1, 0.15) is 30.4 Å². The van der Waals surface area contributed by atoms with Crippen LogP contribution in [-0.2, 0) is 22.6 Å². The molecular weight excluding hydrogens is 446 g/mol. The van der Waals surface area contributed by atoms with Crippen LogP contribution in [0.25, 0.3) is 0 Å². The Morgan fingerprint density at radius 2 is 1.71 bits per heavy atom. The second kappa shape index (κ2) is 11.6. The zero-order chi connectivity index (χ0) is 24.8. The summed E-state index contributed by atoms with van der Waals surface area (Å²) in [6, 6.07) is 15.0. The van der Waals surface area contributed by atoms with Gasteiger partial charge in [-0.25, -0.2) is 0 Å². The van der Waals surface area contributed by atoms with E-state index in [1.807, 2.05) is 53.4 Å². The van der Waals surface area contributed by atoms with Gasteiger partial charge < -0.3 is 24.8 Å². The maximum Gasteiger partial charge on any atom is 0.237 e. The number of rotatable bonds is 8. The van der Waals surface area contributed by atoms with Crippen molar-refractivity contribution in [3.8, 4) is 11.5 Å². The highest BCUT2D eigenvalue weighted by atomic mass is 16.5. The molecule has 8 heteroatoms. The van der Waals surface area contributed by atoms with Gasteiger partial charge in [0.05, 0.1) is 32.8 Å². The SMILES string of the molecule is COc1ccc(CC(=O)N2CCC(N3CC(O)CC3C(=O)NCc3cccc(OC)c3)CC2)cc1. The molecule has 35 heavy (non-hydrogen) atoms. The molecule has 0 spiro atoms. The number of β-amino-alcohol motifs (C(OH)–C–C–N with tert-alkyl or cyclic N) is 1. The van der Waals surface area contributed by atoms with Crippen molar-refractivity contribution < 1.29 is 24.2 Å². The van der Waals surface area contributed by atoms with E-state index >= 15 is 0 Å². The van der Waals surface area contributed by atoms with Gasteiger partial charge in [-0.2, -0.15) is 0 Å². The zero-order valence-electron chi connectivity index (χ0n) is 20.5. The summed E-state index contributed by atoms with van der Waals surface area (Å²) >= 11 is 0. The first-order valence-electron chi connectivity index (χ1n) is 12.2. The Morgan fingerprint density at radius 3 is 2.40 bits per heavy atom. The summed E-state index contributed by atoms with van der Waals surface area (Å²) in [7, 11) is 3.24. The van der Waals surface area contributed by atoms with Gasteiger partial charge in [-0.1, -0.05) is 24.3 Å². The number of hydrogen-bond donors (Lipinski definition) is 2. The standard InChI is InChI=1S/C27H35N3O5/c1-34-23-8-6-19(7-9-23)15-26(32)29-12-10-21(11-13-29)30-18-22(31)16-25(30)27(33)28-17-20-4-3-5-24(14-20)35-2/h3-9,14,21-22,25,31H,10-13,15-18H2,1-2H3,(H,28,33). The predicted molar refractivity (Wildman–Crippen MR) is 132 cm³/mol. The van der Waals surface area contributed by atoms with Crippen LogP contribution in [-0.4, -0.2) is 78.8 Å². The lowest BCUT2D eigenvalue weighted by Gasteiger charge is -2.39. The highest BCUT2D eigenvalue weighted by Gasteiger charge is 2.40. The van der Waals surface area contributed by atoms with E-state index in [1.54, 1.807) is 14.2 Å². The fraction of sp³-hybridized carbons (Fsp3) is 0.481. The molecule has 2 heterocycles. The van der Waals surface area contributed by atoms with Gasteiger partial charge in [0, 0.05) is 32.2 Å². The Bertz CT molecular complexity index is 1000. The molecule has 2 saturated heterocycles. The highest BCUT2D eigenvalue weighted by Crippen LogP contribution is 2.27. The summed E-state index contributed by atoms with van der Waals surface area (Å²) in [5, 5.41) is 13.4. The maximum atomic E-state index is 13.0. The molecule has 2 fully saturated rings. The number of carbonyl (C=O) groups excluding carboxylic acids is 2. The van der Waals surface area contributed by atoms with E-state index in [0.717, 1.165) is 35.5 Å². The average molecular weight is 482 g/mol. The Hall–Kier alpha value is -3.10. The van der Waals surface area contributed by atoms with E-state index in [4.69, 9.17) is 9.47 Å². The third-order valence-corrected chi connectivity index (χ3v) is 7.02. The summed E-state index contributed by atoms with van der Waals surface area (Å²) in [4.78, 5) is 29.9. The molecule has 2 aliphatic rings. The van der Waals surface area contributed by atoms with E-state index in [0.29, 0.717) is 39.0 Å². The molecule has 2 atom stereocenters. The minimum absolute atomic E-state index is 0.0672. The molecule has 0 bridgehead atoms. The van der Waals surface area contributed by atoms with Gasteiger partial charge >= 0.3 is 0 Å². The van der Waals surface area contributed by atoms with Gasteiger partial charge in [0.2, 0.25) is 11.8 Å². The summed E-state index contributed by atoms with van der Waals surface area (Å²) in [5.41, 5.74) is 1.93. The molecule has 0 saturated carbocycles. The highest BCUT2D eigenvalue weighted by molar-refractivity contribution is 5.82. The van der Waals surface area contributed by atoms with Crippen LogP contribution in [0.15, 0.2) is 48.5 Å². The molecule has 2 aliphatic heterocycles. The van der Waals surface area contributed by atoms with Crippen molar-refractivity contribution in [1.29, 1.82) is 0 Å². The summed E-state index contributed by atoms with van der Waals surface area (Å²) in [6.45, 7) is 2.21. The van der Waals surface area contributed by atoms with Crippen LogP contribution in [0.3, 0.4) is 0 Å². The van der Waals surface area contributed by atoms with Crippen LogP contribution in [0.2, 0.25) is 0 Å². The third-order valence-electron chi connectivity index (χ3n) is 7.02. The monoisotopic (exact) mass is 481 g/mol. The lowest BCUT2D eigenvalue weighted by molar-refractivity contribution is -0.133. The number of aliphatic hydroxyl groups excluding tert-OH is 1. The molecule has 2 N–H and O–H groups in total. The Labute approximate surface area is 206 Å². The van der Waals surface area contributed by atoms with Crippen LogP contribution in [0.4, 0.5) is 0 Å². The number of amides is 2. The average Bonchev–Trinajstić information content (AvgIpc) is 3.29. The summed E-state index contributed by atoms with van der Waals surface area (Å²) in [6.07, 6.45) is 1.87. The molecule has 0 aliphatic carbocycles. The smallest absolute Gasteiger partial charge is 0.237 e.